The summed E-state index contributed by atoms with van der Waals surface area (Å²) in [6, 6.07) is 6.40. The fraction of sp³-hybridized carbons (Fsp3) is 0.562. The Morgan fingerprint density at radius 2 is 1.92 bits per heavy atom. The van der Waals surface area contributed by atoms with E-state index in [0.29, 0.717) is 18.9 Å². The summed E-state index contributed by atoms with van der Waals surface area (Å²) >= 11 is 0. The van der Waals surface area contributed by atoms with Crippen LogP contribution in [-0.4, -0.2) is 56.9 Å². The quantitative estimate of drug-likeness (QED) is 0.465. The summed E-state index contributed by atoms with van der Waals surface area (Å²) in [4.78, 5) is 0.272. The van der Waals surface area contributed by atoms with Gasteiger partial charge in [-0.1, -0.05) is 0 Å². The van der Waals surface area contributed by atoms with Crippen LogP contribution in [-0.2, 0) is 14.4 Å². The molecule has 2 aliphatic heterocycles. The van der Waals surface area contributed by atoms with Crippen LogP contribution >= 0.6 is 0 Å². The van der Waals surface area contributed by atoms with Gasteiger partial charge in [0.15, 0.2) is 0 Å². The molecule has 8 heteroatoms. The van der Waals surface area contributed by atoms with Crippen LogP contribution in [0.4, 0.5) is 4.11 Å². The van der Waals surface area contributed by atoms with E-state index in [-0.39, 0.29) is 11.1 Å². The topological polar surface area (TPSA) is 49.6 Å². The molecule has 1 aromatic carbocycles. The van der Waals surface area contributed by atoms with Crippen molar-refractivity contribution in [3.8, 4) is 0 Å². The van der Waals surface area contributed by atoms with E-state index in [1.54, 1.807) is 35.9 Å². The average molecular weight is 373 g/mol. The van der Waals surface area contributed by atoms with Crippen LogP contribution in [0.1, 0.15) is 18.4 Å². The molecule has 0 spiro atoms. The number of hydrogen-bond donors (Lipinski definition) is 0. The third-order valence-corrected chi connectivity index (χ3v) is 8.71. The van der Waals surface area contributed by atoms with Crippen LogP contribution in [0.3, 0.4) is 0 Å². The molecular weight excluding hydrogens is 347 g/mol. The Labute approximate surface area is 143 Å². The van der Waals surface area contributed by atoms with Gasteiger partial charge in [0.25, 0.3) is 0 Å². The molecule has 0 N–H and O–H groups in total. The number of benzene rings is 1. The van der Waals surface area contributed by atoms with Gasteiger partial charge in [-0.25, -0.2) is 0 Å². The van der Waals surface area contributed by atoms with Gasteiger partial charge in [-0.3, -0.25) is 0 Å². The van der Waals surface area contributed by atoms with Gasteiger partial charge in [0.05, 0.1) is 0 Å². The Kier molecular flexibility index (Phi) is 3.93. The zero-order valence-electron chi connectivity index (χ0n) is 14.6. The van der Waals surface area contributed by atoms with E-state index in [2.05, 4.69) is 0 Å². The second kappa shape index (κ2) is 5.37. The molecule has 0 saturated carbocycles. The molecule has 1 saturated heterocycles. The maximum atomic E-state index is 14.9. The molecule has 5 nitrogen and oxygen atoms in total. The van der Waals surface area contributed by atoms with Gasteiger partial charge < -0.3 is 0 Å². The van der Waals surface area contributed by atoms with Gasteiger partial charge in [-0.15, -0.1) is 0 Å². The number of hydrogen-bond acceptors (Lipinski definition) is 3. The fourth-order valence-corrected chi connectivity index (χ4v) is 7.74. The van der Waals surface area contributed by atoms with Crippen LogP contribution in [0, 0.1) is 6.92 Å². The van der Waals surface area contributed by atoms with Crippen LogP contribution in [0.25, 0.3) is 0 Å². The summed E-state index contributed by atoms with van der Waals surface area (Å²) < 4.78 is 49.9. The minimum absolute atomic E-state index is 0.226. The molecule has 2 heterocycles. The second-order valence-electron chi connectivity index (χ2n) is 7.73. The molecule has 24 heavy (non-hydrogen) atoms. The predicted molar refractivity (Wildman–Crippen MR) is 93.8 cm³/mol. The molecule has 0 radical (unpaired) electrons. The Hall–Kier alpha value is -1.25. The molecule has 2 aliphatic rings. The second-order valence-corrected chi connectivity index (χ2v) is 14.8. The van der Waals surface area contributed by atoms with E-state index < -0.39 is 24.0 Å². The minimum atomic E-state index is -3.97. The number of nitrogens with zero attached hydrogens (tertiary/aromatic N) is 2. The van der Waals surface area contributed by atoms with Crippen molar-refractivity contribution in [1.29, 1.82) is 0 Å². The molecule has 3 rings (SSSR count). The van der Waals surface area contributed by atoms with Crippen LogP contribution in [0.15, 0.2) is 29.2 Å². The van der Waals surface area contributed by atoms with Gasteiger partial charge in [-0.05, 0) is 0 Å². The molecule has 1 fully saturated rings. The average Bonchev–Trinajstić information content (AvgIpc) is 3.01. The van der Waals surface area contributed by atoms with E-state index in [0.717, 1.165) is 12.0 Å². The first-order valence-electron chi connectivity index (χ1n) is 8.25. The van der Waals surface area contributed by atoms with Gasteiger partial charge in [0.2, 0.25) is 0 Å². The van der Waals surface area contributed by atoms with Crippen molar-refractivity contribution in [2.75, 3.05) is 19.8 Å². The van der Waals surface area contributed by atoms with Gasteiger partial charge >= 0.3 is 143 Å². The Balaban J connectivity index is 1.94. The maximum absolute atomic E-state index is 14.9. The zero-order valence-corrected chi connectivity index (χ0v) is 16.4. The summed E-state index contributed by atoms with van der Waals surface area (Å²) in [5.74, 6) is 0.462. The SMILES string of the molecule is Cc1ccc(S(=O)(=O)N2CCC[C@H]2C2=[N+](C)C[Si-](C)(C)(F)O2)cc1. The van der Waals surface area contributed by atoms with E-state index in [9.17, 15) is 12.5 Å². The third kappa shape index (κ3) is 3.14. The van der Waals surface area contributed by atoms with Gasteiger partial charge in [0.1, 0.15) is 0 Å². The van der Waals surface area contributed by atoms with Crippen molar-refractivity contribution in [2.24, 2.45) is 0 Å². The molecule has 0 aliphatic carbocycles. The summed E-state index contributed by atoms with van der Waals surface area (Å²) in [5, 5.41) is 0. The molecular formula is C16H25FN2O3SSi. The number of sulfonamides is 1. The summed E-state index contributed by atoms with van der Waals surface area (Å²) in [7, 11) is -5.82. The van der Waals surface area contributed by atoms with Gasteiger partial charge in [-0.2, -0.15) is 0 Å². The molecule has 0 unspecified atom stereocenters. The Morgan fingerprint density at radius 3 is 2.46 bits per heavy atom. The van der Waals surface area contributed by atoms with Crippen LogP contribution in [0.5, 0.6) is 0 Å². The van der Waals surface area contributed by atoms with Crippen molar-refractivity contribution >= 4 is 23.8 Å². The van der Waals surface area contributed by atoms with Crippen LogP contribution < -0.4 is 0 Å². The van der Waals surface area contributed by atoms with E-state index in [4.69, 9.17) is 4.43 Å². The monoisotopic (exact) mass is 372 g/mol. The number of halogens is 1. The normalized spacial score (nSPS) is 28.4. The third-order valence-electron chi connectivity index (χ3n) is 4.59. The van der Waals surface area contributed by atoms with E-state index >= 15 is 0 Å². The summed E-state index contributed by atoms with van der Waals surface area (Å²) in [6.45, 7) is 5.42. The van der Waals surface area contributed by atoms with E-state index in [1.807, 2.05) is 6.92 Å². The van der Waals surface area contributed by atoms with Crippen LogP contribution in [0.2, 0.25) is 13.1 Å². The molecule has 1 aromatic rings. The van der Waals surface area contributed by atoms with Crippen molar-refractivity contribution < 1.29 is 21.5 Å². The predicted octanol–water partition coefficient (Wildman–Crippen LogP) is 2.38. The summed E-state index contributed by atoms with van der Waals surface area (Å²) in [5.41, 5.74) is 1.01. The van der Waals surface area contributed by atoms with E-state index in [1.165, 1.54) is 17.4 Å². The zero-order chi connectivity index (χ0) is 17.8. The van der Waals surface area contributed by atoms with Crippen molar-refractivity contribution in [2.45, 2.75) is 43.8 Å². The molecule has 134 valence electrons. The first-order valence-corrected chi connectivity index (χ1v) is 13.2. The molecule has 0 amide bonds. The Bertz CT molecular complexity index is 797. The van der Waals surface area contributed by atoms with Gasteiger partial charge in [0, 0.05) is 0 Å². The Morgan fingerprint density at radius 1 is 1.29 bits per heavy atom. The first kappa shape index (κ1) is 17.6. The number of rotatable bonds is 3. The molecule has 0 aromatic heterocycles. The fourth-order valence-electron chi connectivity index (χ4n) is 3.61. The molecule has 1 atom stereocenters. The standard InChI is InChI=1S/C16H25FN2O3SSi/c1-13-7-9-14(10-8-13)23(20,21)19-11-5-6-15(19)16-18(2)12-24(3,4,17)22-16/h7-10,15H,5-6,11-12H2,1-4H3/t15-/m0/s1. The first-order chi connectivity index (χ1) is 11.0. The van der Waals surface area contributed by atoms with Crippen molar-refractivity contribution in [3.05, 3.63) is 29.8 Å². The van der Waals surface area contributed by atoms with Crippen molar-refractivity contribution in [3.63, 3.8) is 0 Å². The molecule has 0 bridgehead atoms. The summed E-state index contributed by atoms with van der Waals surface area (Å²) in [6.07, 6.45) is 1.62. The van der Waals surface area contributed by atoms with Crippen molar-refractivity contribution in [1.82, 2.24) is 4.31 Å². The number of aryl methyl sites for hydroxylation is 1.